The molecule has 0 bridgehead atoms. The first-order valence-corrected chi connectivity index (χ1v) is 5.31. The van der Waals surface area contributed by atoms with Gasteiger partial charge in [-0.2, -0.15) is 0 Å². The van der Waals surface area contributed by atoms with Gasteiger partial charge in [-0.25, -0.2) is 8.78 Å². The summed E-state index contributed by atoms with van der Waals surface area (Å²) in [5.41, 5.74) is -0.967. The van der Waals surface area contributed by atoms with Crippen molar-refractivity contribution in [3.05, 3.63) is 33.9 Å². The van der Waals surface area contributed by atoms with Gasteiger partial charge in [0.1, 0.15) is 0 Å². The lowest BCUT2D eigenvalue weighted by molar-refractivity contribution is -0.385. The number of carbonyl (C=O) groups is 1. The highest BCUT2D eigenvalue weighted by atomic mass is 32.2. The molecule has 1 aromatic carbocycles. The molecule has 0 saturated carbocycles. The van der Waals surface area contributed by atoms with Gasteiger partial charge in [-0.1, -0.05) is 0 Å². The number of thioether (sulfide) groups is 1. The van der Waals surface area contributed by atoms with Crippen molar-refractivity contribution in [1.29, 1.82) is 0 Å². The van der Waals surface area contributed by atoms with Crippen LogP contribution in [-0.4, -0.2) is 21.8 Å². The zero-order valence-electron chi connectivity index (χ0n) is 8.30. The van der Waals surface area contributed by atoms with Gasteiger partial charge in [0.25, 0.3) is 12.1 Å². The number of alkyl halides is 2. The molecule has 0 spiro atoms. The Labute approximate surface area is 98.6 Å². The molecule has 0 heterocycles. The van der Waals surface area contributed by atoms with Crippen molar-refractivity contribution in [2.75, 3.05) is 5.75 Å². The molecule has 1 aromatic rings. The van der Waals surface area contributed by atoms with Crippen molar-refractivity contribution in [2.45, 2.75) is 11.3 Å². The second-order valence-corrected chi connectivity index (χ2v) is 3.98. The van der Waals surface area contributed by atoms with Gasteiger partial charge in [0, 0.05) is 22.6 Å². The van der Waals surface area contributed by atoms with Crippen LogP contribution >= 0.6 is 11.8 Å². The fraction of sp³-hybridized carbons (Fsp3) is 0.222. The Morgan fingerprint density at radius 3 is 2.65 bits per heavy atom. The Morgan fingerprint density at radius 1 is 1.53 bits per heavy atom. The summed E-state index contributed by atoms with van der Waals surface area (Å²) >= 11 is 0.702. The standard InChI is InChI=1S/C9H7F2NO4S/c10-9(11)6-3-5(12(15)16)1-2-7(6)17-4-8(13)14/h1-3,9H,4H2,(H,13,14). The third-order valence-corrected chi connectivity index (χ3v) is 2.86. The van der Waals surface area contributed by atoms with Gasteiger partial charge in [0.05, 0.1) is 10.7 Å². The monoisotopic (exact) mass is 263 g/mol. The van der Waals surface area contributed by atoms with Gasteiger partial charge in [-0.15, -0.1) is 11.8 Å². The number of carboxylic acids is 1. The van der Waals surface area contributed by atoms with E-state index in [1.807, 2.05) is 0 Å². The van der Waals surface area contributed by atoms with Crippen LogP contribution in [0.2, 0.25) is 0 Å². The van der Waals surface area contributed by atoms with E-state index in [0.717, 1.165) is 18.2 Å². The van der Waals surface area contributed by atoms with E-state index in [1.165, 1.54) is 0 Å². The van der Waals surface area contributed by atoms with Crippen LogP contribution in [0.3, 0.4) is 0 Å². The molecule has 5 nitrogen and oxygen atoms in total. The summed E-state index contributed by atoms with van der Waals surface area (Å²) in [5.74, 6) is -1.52. The largest absolute Gasteiger partial charge is 0.481 e. The average Bonchev–Trinajstić information content (AvgIpc) is 2.25. The fourth-order valence-corrected chi connectivity index (χ4v) is 1.85. The summed E-state index contributed by atoms with van der Waals surface area (Å²) in [6, 6.07) is 2.96. The molecule has 0 aliphatic rings. The van der Waals surface area contributed by atoms with Crippen LogP contribution in [0, 0.1) is 10.1 Å². The minimum atomic E-state index is -2.88. The summed E-state index contributed by atoms with van der Waals surface area (Å²) in [6.45, 7) is 0. The van der Waals surface area contributed by atoms with E-state index in [1.54, 1.807) is 0 Å². The van der Waals surface area contributed by atoms with Gasteiger partial charge >= 0.3 is 5.97 Å². The molecule has 0 radical (unpaired) electrons. The molecule has 17 heavy (non-hydrogen) atoms. The van der Waals surface area contributed by atoms with Crippen molar-refractivity contribution in [3.63, 3.8) is 0 Å². The zero-order valence-corrected chi connectivity index (χ0v) is 9.12. The number of rotatable bonds is 5. The molecular formula is C9H7F2NO4S. The maximum absolute atomic E-state index is 12.6. The van der Waals surface area contributed by atoms with Gasteiger partial charge in [0.15, 0.2) is 0 Å². The summed E-state index contributed by atoms with van der Waals surface area (Å²) in [5, 5.41) is 18.8. The second kappa shape index (κ2) is 5.58. The molecule has 1 N–H and O–H groups in total. The van der Waals surface area contributed by atoms with E-state index in [2.05, 4.69) is 0 Å². The lowest BCUT2D eigenvalue weighted by Crippen LogP contribution is -1.99. The minimum Gasteiger partial charge on any atom is -0.481 e. The van der Waals surface area contributed by atoms with E-state index < -0.39 is 28.6 Å². The minimum absolute atomic E-state index is 0.0352. The van der Waals surface area contributed by atoms with E-state index >= 15 is 0 Å². The van der Waals surface area contributed by atoms with Gasteiger partial charge in [0.2, 0.25) is 0 Å². The average molecular weight is 263 g/mol. The van der Waals surface area contributed by atoms with E-state index in [4.69, 9.17) is 5.11 Å². The highest BCUT2D eigenvalue weighted by Crippen LogP contribution is 2.33. The lowest BCUT2D eigenvalue weighted by Gasteiger charge is -2.06. The molecule has 0 aromatic heterocycles. The smallest absolute Gasteiger partial charge is 0.313 e. The Morgan fingerprint density at radius 2 is 2.18 bits per heavy atom. The van der Waals surface area contributed by atoms with Gasteiger partial charge in [-0.3, -0.25) is 14.9 Å². The van der Waals surface area contributed by atoms with Crippen LogP contribution < -0.4 is 0 Å². The number of benzene rings is 1. The highest BCUT2D eigenvalue weighted by molar-refractivity contribution is 8.00. The number of hydrogen-bond acceptors (Lipinski definition) is 4. The molecule has 1 rings (SSSR count). The van der Waals surface area contributed by atoms with Crippen molar-refractivity contribution < 1.29 is 23.6 Å². The van der Waals surface area contributed by atoms with Gasteiger partial charge < -0.3 is 5.11 Å². The van der Waals surface area contributed by atoms with Crippen molar-refractivity contribution in [2.24, 2.45) is 0 Å². The first-order valence-electron chi connectivity index (χ1n) is 4.33. The van der Waals surface area contributed by atoms with E-state index in [0.29, 0.717) is 11.8 Å². The summed E-state index contributed by atoms with van der Waals surface area (Å²) in [7, 11) is 0. The van der Waals surface area contributed by atoms with E-state index in [-0.39, 0.29) is 10.6 Å². The predicted octanol–water partition coefficient (Wildman–Crippen LogP) is 2.71. The lowest BCUT2D eigenvalue weighted by atomic mass is 10.2. The van der Waals surface area contributed by atoms with Crippen LogP contribution in [0.15, 0.2) is 23.1 Å². The first-order chi connectivity index (χ1) is 7.91. The van der Waals surface area contributed by atoms with Crippen LogP contribution in [0.1, 0.15) is 12.0 Å². The van der Waals surface area contributed by atoms with Gasteiger partial charge in [-0.05, 0) is 6.07 Å². The molecule has 0 aliphatic carbocycles. The summed E-state index contributed by atoms with van der Waals surface area (Å²) < 4.78 is 25.2. The molecule has 0 atom stereocenters. The second-order valence-electron chi connectivity index (χ2n) is 2.96. The number of carboxylic acid groups (broad SMARTS) is 1. The number of nitrogens with zero attached hydrogens (tertiary/aromatic N) is 1. The Bertz CT molecular complexity index is 453. The van der Waals surface area contributed by atoms with Crippen molar-refractivity contribution in [1.82, 2.24) is 0 Å². The molecule has 0 fully saturated rings. The van der Waals surface area contributed by atoms with Crippen LogP contribution in [0.4, 0.5) is 14.5 Å². The summed E-state index contributed by atoms with van der Waals surface area (Å²) in [6.07, 6.45) is -2.88. The zero-order chi connectivity index (χ0) is 13.0. The van der Waals surface area contributed by atoms with Crippen LogP contribution in [0.25, 0.3) is 0 Å². The SMILES string of the molecule is O=C(O)CSc1ccc([N+](=O)[O-])cc1C(F)F. The number of non-ortho nitro benzene ring substituents is 1. The Hall–Kier alpha value is -1.70. The Kier molecular flexibility index (Phi) is 4.38. The van der Waals surface area contributed by atoms with E-state index in [9.17, 15) is 23.7 Å². The topological polar surface area (TPSA) is 80.4 Å². The number of hydrogen-bond donors (Lipinski definition) is 1. The normalized spacial score (nSPS) is 10.5. The summed E-state index contributed by atoms with van der Waals surface area (Å²) in [4.78, 5) is 20.0. The molecular weight excluding hydrogens is 256 g/mol. The molecule has 0 amide bonds. The quantitative estimate of drug-likeness (QED) is 0.502. The van der Waals surface area contributed by atoms with Crippen molar-refractivity contribution >= 4 is 23.4 Å². The molecule has 8 heteroatoms. The first kappa shape index (κ1) is 13.4. The molecule has 0 saturated heterocycles. The molecule has 0 unspecified atom stereocenters. The van der Waals surface area contributed by atoms with Crippen molar-refractivity contribution in [3.8, 4) is 0 Å². The predicted molar refractivity (Wildman–Crippen MR) is 56.4 cm³/mol. The number of aliphatic carboxylic acids is 1. The molecule has 92 valence electrons. The highest BCUT2D eigenvalue weighted by Gasteiger charge is 2.18. The number of nitro groups is 1. The maximum Gasteiger partial charge on any atom is 0.313 e. The number of halogens is 2. The number of nitro benzene ring substituents is 1. The Balaban J connectivity index is 3.04. The van der Waals surface area contributed by atoms with Crippen LogP contribution in [0.5, 0.6) is 0 Å². The molecule has 0 aliphatic heterocycles. The maximum atomic E-state index is 12.6. The third-order valence-electron chi connectivity index (χ3n) is 1.79. The van der Waals surface area contributed by atoms with Crippen LogP contribution in [-0.2, 0) is 4.79 Å². The third kappa shape index (κ3) is 3.66. The fourth-order valence-electron chi connectivity index (χ4n) is 1.09.